The van der Waals surface area contributed by atoms with E-state index < -0.39 is 18.1 Å². The summed E-state index contributed by atoms with van der Waals surface area (Å²) in [6.07, 6.45) is -2.90. The summed E-state index contributed by atoms with van der Waals surface area (Å²) in [6.45, 7) is 5.32. The zero-order chi connectivity index (χ0) is 21.8. The monoisotopic (exact) mass is 416 g/mol. The molecule has 1 aromatic heterocycles. The number of hydrogen-bond donors (Lipinski definition) is 3. The number of hydrogen-bond acceptors (Lipinski definition) is 6. The molecule has 0 fully saturated rings. The van der Waals surface area contributed by atoms with Crippen LogP contribution in [-0.4, -0.2) is 56.3 Å². The standard InChI is InChI=1S/C15H18N4O3.C2HF3O2/c1-9(2)19-7-3-4-10-5-6-11(8-12(10)19)22-14-13(15(20)21)16-18-17-14;3-2(4,5)1(6)7/h5-6,8-9H,3-4,7H2,1-2H3,(H,20,21)(H,16,17,18);(H,6,7). The molecule has 1 aromatic carbocycles. The highest BCUT2D eigenvalue weighted by Crippen LogP contribution is 2.34. The molecule has 0 spiro atoms. The SMILES string of the molecule is CC(C)N1CCCc2ccc(Oc3nn[nH]c3C(=O)O)cc21.O=C(O)C(F)(F)F. The fourth-order valence-electron chi connectivity index (χ4n) is 2.72. The van der Waals surface area contributed by atoms with E-state index in [4.69, 9.17) is 19.7 Å². The minimum absolute atomic E-state index is 0.0284. The van der Waals surface area contributed by atoms with Gasteiger partial charge in [0.2, 0.25) is 5.69 Å². The average Bonchev–Trinajstić information content (AvgIpc) is 3.09. The Bertz CT molecular complexity index is 882. The van der Waals surface area contributed by atoms with Gasteiger partial charge in [-0.2, -0.15) is 13.2 Å². The maximum absolute atomic E-state index is 11.0. The first kappa shape index (κ1) is 22.0. The van der Waals surface area contributed by atoms with Gasteiger partial charge in [-0.25, -0.2) is 14.7 Å². The molecule has 12 heteroatoms. The predicted octanol–water partition coefficient (Wildman–Crippen LogP) is 3.09. The molecular formula is C17H19F3N4O5. The van der Waals surface area contributed by atoms with Crippen LogP contribution in [0.4, 0.5) is 18.9 Å². The summed E-state index contributed by atoms with van der Waals surface area (Å²) in [4.78, 5) is 22.3. The molecule has 0 unspecified atom stereocenters. The molecule has 0 amide bonds. The van der Waals surface area contributed by atoms with Gasteiger partial charge in [0.05, 0.1) is 0 Å². The van der Waals surface area contributed by atoms with Crippen molar-refractivity contribution in [3.8, 4) is 11.6 Å². The number of aromatic amines is 1. The van der Waals surface area contributed by atoms with Crippen LogP contribution < -0.4 is 9.64 Å². The number of aryl methyl sites for hydroxylation is 1. The Hall–Kier alpha value is -3.31. The number of nitrogens with zero attached hydrogens (tertiary/aromatic N) is 3. The number of benzene rings is 1. The van der Waals surface area contributed by atoms with Gasteiger partial charge in [0.15, 0.2) is 0 Å². The van der Waals surface area contributed by atoms with E-state index >= 15 is 0 Å². The van der Waals surface area contributed by atoms with E-state index in [9.17, 15) is 18.0 Å². The van der Waals surface area contributed by atoms with Crippen molar-refractivity contribution in [1.29, 1.82) is 0 Å². The topological polar surface area (TPSA) is 129 Å². The van der Waals surface area contributed by atoms with Gasteiger partial charge in [-0.3, -0.25) is 0 Å². The van der Waals surface area contributed by atoms with E-state index in [1.54, 1.807) is 0 Å². The lowest BCUT2D eigenvalue weighted by Gasteiger charge is -2.34. The van der Waals surface area contributed by atoms with E-state index in [0.29, 0.717) is 11.8 Å². The minimum atomic E-state index is -5.08. The lowest BCUT2D eigenvalue weighted by molar-refractivity contribution is -0.192. The summed E-state index contributed by atoms with van der Waals surface area (Å²) in [5.74, 6) is -3.38. The van der Waals surface area contributed by atoms with Crippen LogP contribution in [0.5, 0.6) is 11.6 Å². The number of carbonyl (C=O) groups is 2. The van der Waals surface area contributed by atoms with Gasteiger partial charge in [-0.05, 0) is 38.3 Å². The molecule has 0 saturated carbocycles. The van der Waals surface area contributed by atoms with Gasteiger partial charge in [-0.1, -0.05) is 16.4 Å². The Morgan fingerprint density at radius 2 is 1.93 bits per heavy atom. The molecule has 29 heavy (non-hydrogen) atoms. The fourth-order valence-corrected chi connectivity index (χ4v) is 2.72. The number of nitrogens with one attached hydrogen (secondary N) is 1. The molecule has 9 nitrogen and oxygen atoms in total. The second-order valence-electron chi connectivity index (χ2n) is 6.38. The van der Waals surface area contributed by atoms with Crippen LogP contribution in [0.25, 0.3) is 0 Å². The third kappa shape index (κ3) is 5.59. The number of ether oxygens (including phenoxy) is 1. The highest BCUT2D eigenvalue weighted by atomic mass is 19.4. The van der Waals surface area contributed by atoms with Crippen molar-refractivity contribution in [2.24, 2.45) is 0 Å². The van der Waals surface area contributed by atoms with E-state index in [-0.39, 0.29) is 11.6 Å². The van der Waals surface area contributed by atoms with Crippen LogP contribution in [0.1, 0.15) is 36.3 Å². The smallest absolute Gasteiger partial charge is 0.476 e. The number of H-pyrrole nitrogens is 1. The van der Waals surface area contributed by atoms with Crippen molar-refractivity contribution in [1.82, 2.24) is 15.4 Å². The molecule has 0 bridgehead atoms. The molecule has 3 N–H and O–H groups in total. The maximum atomic E-state index is 11.0. The zero-order valence-electron chi connectivity index (χ0n) is 15.5. The molecule has 1 aliphatic heterocycles. The Kier molecular flexibility index (Phi) is 6.67. The Morgan fingerprint density at radius 1 is 1.28 bits per heavy atom. The van der Waals surface area contributed by atoms with Crippen molar-refractivity contribution in [3.63, 3.8) is 0 Å². The molecule has 3 rings (SSSR count). The van der Waals surface area contributed by atoms with Gasteiger partial charge in [0.1, 0.15) is 5.75 Å². The highest BCUT2D eigenvalue weighted by Gasteiger charge is 2.38. The summed E-state index contributed by atoms with van der Waals surface area (Å²) in [7, 11) is 0. The first-order valence-corrected chi connectivity index (χ1v) is 8.52. The normalized spacial score (nSPS) is 13.4. The van der Waals surface area contributed by atoms with Gasteiger partial charge >= 0.3 is 18.1 Å². The largest absolute Gasteiger partial charge is 0.490 e. The van der Waals surface area contributed by atoms with Gasteiger partial charge < -0.3 is 19.8 Å². The number of aromatic carboxylic acids is 1. The Balaban J connectivity index is 0.000000370. The van der Waals surface area contributed by atoms with Crippen molar-refractivity contribution in [2.75, 3.05) is 11.4 Å². The van der Waals surface area contributed by atoms with E-state index in [2.05, 4.69) is 34.2 Å². The first-order chi connectivity index (χ1) is 13.5. The van der Waals surface area contributed by atoms with Crippen molar-refractivity contribution < 1.29 is 37.7 Å². The van der Waals surface area contributed by atoms with Crippen LogP contribution in [0.2, 0.25) is 0 Å². The maximum Gasteiger partial charge on any atom is 0.490 e. The summed E-state index contributed by atoms with van der Waals surface area (Å²) >= 11 is 0. The number of anilines is 1. The highest BCUT2D eigenvalue weighted by molar-refractivity contribution is 5.87. The van der Waals surface area contributed by atoms with Gasteiger partial charge in [0.25, 0.3) is 5.88 Å². The molecule has 2 heterocycles. The quantitative estimate of drug-likeness (QED) is 0.694. The summed E-state index contributed by atoms with van der Waals surface area (Å²) < 4.78 is 37.3. The van der Waals surface area contributed by atoms with E-state index in [1.165, 1.54) is 5.56 Å². The summed E-state index contributed by atoms with van der Waals surface area (Å²) in [6, 6.07) is 6.20. The molecule has 158 valence electrons. The van der Waals surface area contributed by atoms with Crippen LogP contribution in [0.15, 0.2) is 18.2 Å². The second-order valence-corrected chi connectivity index (χ2v) is 6.38. The number of carboxylic acids is 2. The van der Waals surface area contributed by atoms with E-state index in [1.807, 2.05) is 18.2 Å². The number of aliphatic carboxylic acids is 1. The zero-order valence-corrected chi connectivity index (χ0v) is 15.5. The van der Waals surface area contributed by atoms with Crippen LogP contribution in [0, 0.1) is 0 Å². The number of rotatable bonds is 4. The number of alkyl halides is 3. The van der Waals surface area contributed by atoms with E-state index in [0.717, 1.165) is 25.1 Å². The van der Waals surface area contributed by atoms with Crippen LogP contribution in [-0.2, 0) is 11.2 Å². The molecule has 0 aliphatic carbocycles. The molecular weight excluding hydrogens is 397 g/mol. The van der Waals surface area contributed by atoms with Gasteiger partial charge in [-0.15, -0.1) is 0 Å². The number of halogens is 3. The summed E-state index contributed by atoms with van der Waals surface area (Å²) in [5, 5.41) is 25.6. The number of carboxylic acid groups (broad SMARTS) is 2. The van der Waals surface area contributed by atoms with Crippen molar-refractivity contribution >= 4 is 17.6 Å². The second kappa shape index (κ2) is 8.80. The molecule has 0 radical (unpaired) electrons. The average molecular weight is 416 g/mol. The lowest BCUT2D eigenvalue weighted by Crippen LogP contribution is -2.35. The summed E-state index contributed by atoms with van der Waals surface area (Å²) in [5.41, 5.74) is 2.27. The molecule has 0 atom stereocenters. The minimum Gasteiger partial charge on any atom is -0.476 e. The molecule has 2 aromatic rings. The molecule has 1 aliphatic rings. The first-order valence-electron chi connectivity index (χ1n) is 8.52. The number of fused-ring (bicyclic) bond motifs is 1. The predicted molar refractivity (Wildman–Crippen MR) is 94.4 cm³/mol. The number of aromatic nitrogens is 3. The van der Waals surface area contributed by atoms with Crippen molar-refractivity contribution in [3.05, 3.63) is 29.5 Å². The fraction of sp³-hybridized carbons (Fsp3) is 0.412. The third-order valence-electron chi connectivity index (χ3n) is 4.02. The lowest BCUT2D eigenvalue weighted by atomic mass is 10.0. The third-order valence-corrected chi connectivity index (χ3v) is 4.02. The Labute approximate surface area is 163 Å². The van der Waals surface area contributed by atoms with Crippen molar-refractivity contribution in [2.45, 2.75) is 38.9 Å². The van der Waals surface area contributed by atoms with Gasteiger partial charge in [0, 0.05) is 24.3 Å². The van der Waals surface area contributed by atoms with Crippen LogP contribution in [0.3, 0.4) is 0 Å². The Morgan fingerprint density at radius 3 is 2.48 bits per heavy atom. The molecule has 0 saturated heterocycles. The van der Waals surface area contributed by atoms with Crippen LogP contribution >= 0.6 is 0 Å².